The molecular weight excluding hydrogens is 577 g/mol. The van der Waals surface area contributed by atoms with Crippen LogP contribution < -0.4 is 0 Å². The molecule has 0 saturated carbocycles. The molecule has 0 unspecified atom stereocenters. The first-order valence-electron chi connectivity index (χ1n) is 16.6. The molecule has 0 aromatic heterocycles. The molecule has 0 nitrogen and oxygen atoms in total. The molecule has 0 atom stereocenters. The molecule has 0 heteroatoms. The number of aryl methyl sites for hydroxylation is 2. The maximum atomic E-state index is 2.31. The molecular formula is C48H38. The van der Waals surface area contributed by atoms with Gasteiger partial charge in [0.25, 0.3) is 0 Å². The van der Waals surface area contributed by atoms with Crippen LogP contribution >= 0.6 is 0 Å². The lowest BCUT2D eigenvalue weighted by molar-refractivity contribution is 1.49. The molecule has 48 heavy (non-hydrogen) atoms. The van der Waals surface area contributed by atoms with Crippen molar-refractivity contribution in [1.82, 2.24) is 0 Å². The van der Waals surface area contributed by atoms with E-state index < -0.39 is 0 Å². The lowest BCUT2D eigenvalue weighted by Crippen LogP contribution is -1.95. The van der Waals surface area contributed by atoms with E-state index in [-0.39, 0.29) is 0 Å². The second kappa shape index (κ2) is 14.2. The number of benzene rings is 9. The highest BCUT2D eigenvalue weighted by atomic mass is 14.2. The normalized spacial score (nSPS) is 10.7. The molecule has 0 aliphatic heterocycles. The quantitative estimate of drug-likeness (QED) is 0.170. The zero-order chi connectivity index (χ0) is 32.7. The van der Waals surface area contributed by atoms with Crippen molar-refractivity contribution in [2.24, 2.45) is 0 Å². The van der Waals surface area contributed by atoms with Gasteiger partial charge in [-0.05, 0) is 90.3 Å². The van der Waals surface area contributed by atoms with E-state index in [0.29, 0.717) is 0 Å². The third kappa shape index (κ3) is 6.09. The van der Waals surface area contributed by atoms with Crippen LogP contribution in [0.4, 0.5) is 0 Å². The molecule has 9 aromatic carbocycles. The topological polar surface area (TPSA) is 0 Å². The summed E-state index contributed by atoms with van der Waals surface area (Å²) in [5.74, 6) is 0. The van der Waals surface area contributed by atoms with Gasteiger partial charge in [-0.25, -0.2) is 0 Å². The van der Waals surface area contributed by atoms with E-state index in [4.69, 9.17) is 0 Å². The summed E-state index contributed by atoms with van der Waals surface area (Å²) in [5, 5.41) is 10.4. The Labute approximate surface area is 283 Å². The first-order valence-corrected chi connectivity index (χ1v) is 16.6. The second-order valence-corrected chi connectivity index (χ2v) is 12.1. The van der Waals surface area contributed by atoms with Crippen LogP contribution in [0, 0.1) is 13.8 Å². The van der Waals surface area contributed by atoms with Crippen LogP contribution in [0.2, 0.25) is 0 Å². The highest BCUT2D eigenvalue weighted by molar-refractivity contribution is 6.25. The molecule has 9 rings (SSSR count). The van der Waals surface area contributed by atoms with Crippen molar-refractivity contribution >= 4 is 43.1 Å². The Balaban J connectivity index is 0.000000256. The van der Waals surface area contributed by atoms with Gasteiger partial charge in [0, 0.05) is 0 Å². The molecule has 0 spiro atoms. The van der Waals surface area contributed by atoms with Gasteiger partial charge in [-0.3, -0.25) is 0 Å². The minimum atomic E-state index is 1.28. The number of hydrogen-bond donors (Lipinski definition) is 0. The van der Waals surface area contributed by atoms with Gasteiger partial charge in [0.05, 0.1) is 0 Å². The summed E-state index contributed by atoms with van der Waals surface area (Å²) in [6, 6.07) is 68.5. The van der Waals surface area contributed by atoms with Crippen molar-refractivity contribution < 1.29 is 0 Å². The summed E-state index contributed by atoms with van der Waals surface area (Å²) in [7, 11) is 0. The lowest BCUT2D eigenvalue weighted by Gasteiger charge is -2.21. The predicted octanol–water partition coefficient (Wildman–Crippen LogP) is 13.6. The van der Waals surface area contributed by atoms with Crippen molar-refractivity contribution in [2.75, 3.05) is 0 Å². The number of fused-ring (bicyclic) bond motifs is 4. The van der Waals surface area contributed by atoms with Crippen LogP contribution in [0.5, 0.6) is 0 Å². The van der Waals surface area contributed by atoms with E-state index in [1.54, 1.807) is 0 Å². The van der Waals surface area contributed by atoms with Crippen LogP contribution in [-0.4, -0.2) is 0 Å². The molecule has 0 aliphatic rings. The summed E-state index contributed by atoms with van der Waals surface area (Å²) >= 11 is 0. The molecule has 230 valence electrons. The largest absolute Gasteiger partial charge is 0.0623 e. The number of hydrogen-bond acceptors (Lipinski definition) is 0. The Hall–Kier alpha value is -5.98. The van der Waals surface area contributed by atoms with Gasteiger partial charge >= 0.3 is 0 Å². The fraction of sp³-hybridized carbons (Fsp3) is 0.0417. The van der Waals surface area contributed by atoms with E-state index >= 15 is 0 Å². The van der Waals surface area contributed by atoms with Crippen molar-refractivity contribution in [2.45, 2.75) is 13.8 Å². The van der Waals surface area contributed by atoms with Crippen LogP contribution in [-0.2, 0) is 0 Å². The van der Waals surface area contributed by atoms with Gasteiger partial charge in [-0.15, -0.1) is 0 Å². The molecule has 0 N–H and O–H groups in total. The monoisotopic (exact) mass is 614 g/mol. The summed E-state index contributed by atoms with van der Waals surface area (Å²) in [6.07, 6.45) is 0. The smallest absolute Gasteiger partial charge is 0.00175 e. The molecule has 0 fully saturated rings. The zero-order valence-corrected chi connectivity index (χ0v) is 27.5. The van der Waals surface area contributed by atoms with Crippen molar-refractivity contribution in [3.05, 3.63) is 205 Å². The molecule has 0 radical (unpaired) electrons. The average molecular weight is 615 g/mol. The van der Waals surface area contributed by atoms with Gasteiger partial charge in [0.15, 0.2) is 0 Å². The van der Waals surface area contributed by atoms with Crippen LogP contribution in [0.3, 0.4) is 0 Å². The summed E-state index contributed by atoms with van der Waals surface area (Å²) in [4.78, 5) is 0. The molecule has 9 aromatic rings. The predicted molar refractivity (Wildman–Crippen MR) is 210 cm³/mol. The third-order valence-electron chi connectivity index (χ3n) is 9.04. The van der Waals surface area contributed by atoms with Crippen molar-refractivity contribution in [1.29, 1.82) is 0 Å². The zero-order valence-electron chi connectivity index (χ0n) is 27.5. The fourth-order valence-corrected chi connectivity index (χ4v) is 6.86. The number of rotatable bonds is 2. The highest BCUT2D eigenvalue weighted by Gasteiger charge is 2.20. The van der Waals surface area contributed by atoms with Crippen molar-refractivity contribution in [3.63, 3.8) is 0 Å². The van der Waals surface area contributed by atoms with Gasteiger partial charge in [0.1, 0.15) is 0 Å². The fourth-order valence-electron chi connectivity index (χ4n) is 6.86. The van der Waals surface area contributed by atoms with Gasteiger partial charge in [0.2, 0.25) is 0 Å². The van der Waals surface area contributed by atoms with E-state index in [0.717, 1.165) is 0 Å². The van der Waals surface area contributed by atoms with Crippen molar-refractivity contribution in [3.8, 4) is 22.3 Å². The first-order chi connectivity index (χ1) is 23.7. The third-order valence-corrected chi connectivity index (χ3v) is 9.04. The van der Waals surface area contributed by atoms with Crippen LogP contribution in [0.1, 0.15) is 11.1 Å². The Morgan fingerprint density at radius 2 is 0.458 bits per heavy atom. The van der Waals surface area contributed by atoms with E-state index in [2.05, 4.69) is 135 Å². The summed E-state index contributed by atoms with van der Waals surface area (Å²) < 4.78 is 0. The van der Waals surface area contributed by atoms with Crippen LogP contribution in [0.25, 0.3) is 65.3 Å². The van der Waals surface area contributed by atoms with E-state index in [9.17, 15) is 0 Å². The first kappa shape index (κ1) is 30.7. The van der Waals surface area contributed by atoms with Gasteiger partial charge in [-0.2, -0.15) is 0 Å². The summed E-state index contributed by atoms with van der Waals surface area (Å²) in [5.41, 5.74) is 7.94. The second-order valence-electron chi connectivity index (χ2n) is 12.1. The molecule has 0 saturated heterocycles. The van der Waals surface area contributed by atoms with E-state index in [1.165, 1.54) is 76.5 Å². The Morgan fingerprint density at radius 1 is 0.208 bits per heavy atom. The maximum absolute atomic E-state index is 2.31. The minimum Gasteiger partial charge on any atom is -0.0623 e. The molecule has 0 bridgehead atoms. The minimum absolute atomic E-state index is 1.28. The maximum Gasteiger partial charge on any atom is -0.00175 e. The van der Waals surface area contributed by atoms with E-state index in [1.807, 2.05) is 72.8 Å². The Morgan fingerprint density at radius 3 is 0.750 bits per heavy atom. The Kier molecular flexibility index (Phi) is 9.07. The van der Waals surface area contributed by atoms with Crippen LogP contribution in [0.15, 0.2) is 194 Å². The molecule has 0 amide bonds. The van der Waals surface area contributed by atoms with Gasteiger partial charge < -0.3 is 0 Å². The van der Waals surface area contributed by atoms with Gasteiger partial charge in [-0.1, -0.05) is 194 Å². The standard InChI is InChI=1S/C36H26.2C6H6/c1-23-19-21-25-11-3-5-13-27(25)33(23)35-29-15-7-9-17-31(29)36(32-18-10-8-16-30(32)35)34-24(2)20-22-26-12-4-6-14-28(26)34;2*1-2-4-6-5-3-1/h3-22H,1-2H3;2*1-6H. The Bertz CT molecular complexity index is 2170. The summed E-state index contributed by atoms with van der Waals surface area (Å²) in [6.45, 7) is 4.49. The molecule has 0 heterocycles. The SMILES string of the molecule is Cc1ccc2ccccc2c1-c1c2ccccc2c(-c2c(C)ccc3ccccc23)c2ccccc12.c1ccccc1.c1ccccc1. The highest BCUT2D eigenvalue weighted by Crippen LogP contribution is 2.48. The average Bonchev–Trinajstić information content (AvgIpc) is 3.16. The molecule has 0 aliphatic carbocycles. The lowest BCUT2D eigenvalue weighted by atomic mass is 9.81.